The molecule has 0 aromatic carbocycles. The van der Waals surface area contributed by atoms with Crippen LogP contribution in [0.25, 0.3) is 0 Å². The first-order valence-electron chi connectivity index (χ1n) is 5.54. The van der Waals surface area contributed by atoms with Gasteiger partial charge in [-0.05, 0) is 25.2 Å². The highest BCUT2D eigenvalue weighted by molar-refractivity contribution is 7.89. The maximum atomic E-state index is 11.4. The molecular weight excluding hydrogens is 250 g/mol. The Hall–Kier alpha value is 0.160. The molecule has 0 aliphatic rings. The first-order chi connectivity index (χ1) is 7.52. The maximum absolute atomic E-state index is 11.4. The minimum absolute atomic E-state index is 0.131. The number of hydrogen-bond acceptors (Lipinski definition) is 3. The van der Waals surface area contributed by atoms with E-state index >= 15 is 0 Å². The Morgan fingerprint density at radius 2 is 2.06 bits per heavy atom. The van der Waals surface area contributed by atoms with Crippen LogP contribution in [0.5, 0.6) is 0 Å². The molecule has 0 amide bonds. The monoisotopic (exact) mass is 271 g/mol. The third-order valence-electron chi connectivity index (χ3n) is 2.22. The largest absolute Gasteiger partial charge is 0.385 e. The molecule has 0 bridgehead atoms. The molecule has 4 nitrogen and oxygen atoms in total. The SMILES string of the molecule is COCCCS(=O)(=O)NCCCC(C)CCl. The molecule has 0 rings (SSSR count). The smallest absolute Gasteiger partial charge is 0.211 e. The lowest BCUT2D eigenvalue weighted by atomic mass is 10.1. The second-order valence-electron chi connectivity index (χ2n) is 3.96. The summed E-state index contributed by atoms with van der Waals surface area (Å²) in [4.78, 5) is 0. The zero-order valence-corrected chi connectivity index (χ0v) is 11.6. The fourth-order valence-electron chi connectivity index (χ4n) is 1.22. The molecule has 0 fully saturated rings. The molecule has 1 N–H and O–H groups in total. The van der Waals surface area contributed by atoms with Crippen molar-refractivity contribution in [3.63, 3.8) is 0 Å². The molecule has 0 heterocycles. The van der Waals surface area contributed by atoms with Crippen LogP contribution in [0.15, 0.2) is 0 Å². The molecule has 0 saturated heterocycles. The van der Waals surface area contributed by atoms with Crippen molar-refractivity contribution in [2.24, 2.45) is 5.92 Å². The van der Waals surface area contributed by atoms with Gasteiger partial charge in [-0.2, -0.15) is 0 Å². The lowest BCUT2D eigenvalue weighted by Crippen LogP contribution is -2.28. The lowest BCUT2D eigenvalue weighted by molar-refractivity contribution is 0.199. The van der Waals surface area contributed by atoms with Gasteiger partial charge in [-0.15, -0.1) is 11.6 Å². The Kier molecular flexibility index (Phi) is 9.31. The number of halogens is 1. The number of sulfonamides is 1. The number of ether oxygens (including phenoxy) is 1. The first-order valence-corrected chi connectivity index (χ1v) is 7.72. The van der Waals surface area contributed by atoms with Crippen LogP contribution in [-0.4, -0.2) is 40.3 Å². The highest BCUT2D eigenvalue weighted by atomic mass is 35.5. The molecule has 1 atom stereocenters. The minimum atomic E-state index is -3.12. The average Bonchev–Trinajstić information content (AvgIpc) is 2.24. The molecule has 98 valence electrons. The summed E-state index contributed by atoms with van der Waals surface area (Å²) >= 11 is 5.65. The second kappa shape index (κ2) is 9.22. The van der Waals surface area contributed by atoms with Gasteiger partial charge in [-0.3, -0.25) is 0 Å². The van der Waals surface area contributed by atoms with E-state index in [0.717, 1.165) is 12.8 Å². The van der Waals surface area contributed by atoms with E-state index in [9.17, 15) is 8.42 Å². The van der Waals surface area contributed by atoms with Crippen LogP contribution in [0, 0.1) is 5.92 Å². The van der Waals surface area contributed by atoms with Crippen molar-refractivity contribution in [2.45, 2.75) is 26.2 Å². The van der Waals surface area contributed by atoms with Gasteiger partial charge >= 0.3 is 0 Å². The Labute approximate surface area is 104 Å². The summed E-state index contributed by atoms with van der Waals surface area (Å²) < 4.78 is 30.2. The Bertz CT molecular complexity index is 257. The van der Waals surface area contributed by atoms with Crippen molar-refractivity contribution in [2.75, 3.05) is 31.9 Å². The molecule has 0 radical (unpaired) electrons. The van der Waals surface area contributed by atoms with Crippen molar-refractivity contribution in [3.8, 4) is 0 Å². The Morgan fingerprint density at radius 3 is 2.62 bits per heavy atom. The van der Waals surface area contributed by atoms with Gasteiger partial charge in [-0.1, -0.05) is 6.92 Å². The number of methoxy groups -OCH3 is 1. The summed E-state index contributed by atoms with van der Waals surface area (Å²) in [6, 6.07) is 0. The first kappa shape index (κ1) is 16.2. The van der Waals surface area contributed by atoms with E-state index in [2.05, 4.69) is 11.6 Å². The van der Waals surface area contributed by atoms with E-state index < -0.39 is 10.0 Å². The van der Waals surface area contributed by atoms with Crippen molar-refractivity contribution in [1.29, 1.82) is 0 Å². The van der Waals surface area contributed by atoms with Gasteiger partial charge in [0.05, 0.1) is 5.75 Å². The van der Waals surface area contributed by atoms with Gasteiger partial charge in [0.15, 0.2) is 0 Å². The predicted octanol–water partition coefficient (Wildman–Crippen LogP) is 1.60. The molecule has 0 aromatic heterocycles. The molecule has 0 aromatic rings. The molecule has 0 aliphatic heterocycles. The Balaban J connectivity index is 3.58. The van der Waals surface area contributed by atoms with E-state index in [1.54, 1.807) is 7.11 Å². The summed E-state index contributed by atoms with van der Waals surface area (Å²) in [5, 5.41) is 0. The molecule has 0 aliphatic carbocycles. The highest BCUT2D eigenvalue weighted by Crippen LogP contribution is 2.06. The third kappa shape index (κ3) is 9.39. The topological polar surface area (TPSA) is 55.4 Å². The number of nitrogens with one attached hydrogen (secondary N) is 1. The Morgan fingerprint density at radius 1 is 1.38 bits per heavy atom. The van der Waals surface area contributed by atoms with Crippen LogP contribution in [0.2, 0.25) is 0 Å². The maximum Gasteiger partial charge on any atom is 0.211 e. The van der Waals surface area contributed by atoms with Gasteiger partial charge in [0.25, 0.3) is 0 Å². The molecule has 0 saturated carbocycles. The van der Waals surface area contributed by atoms with Crippen molar-refractivity contribution in [3.05, 3.63) is 0 Å². The number of alkyl halides is 1. The van der Waals surface area contributed by atoms with Crippen LogP contribution < -0.4 is 4.72 Å². The molecule has 16 heavy (non-hydrogen) atoms. The van der Waals surface area contributed by atoms with Gasteiger partial charge in [0.2, 0.25) is 10.0 Å². The zero-order valence-electron chi connectivity index (χ0n) is 10.0. The fourth-order valence-corrected chi connectivity index (χ4v) is 2.47. The van der Waals surface area contributed by atoms with Crippen molar-refractivity contribution in [1.82, 2.24) is 4.72 Å². The summed E-state index contributed by atoms with van der Waals surface area (Å²) in [6.07, 6.45) is 2.31. The van der Waals surface area contributed by atoms with Gasteiger partial charge in [0.1, 0.15) is 0 Å². The summed E-state index contributed by atoms with van der Waals surface area (Å²) in [5.74, 6) is 1.20. The lowest BCUT2D eigenvalue weighted by Gasteiger charge is -2.08. The van der Waals surface area contributed by atoms with E-state index in [0.29, 0.717) is 31.4 Å². The quantitative estimate of drug-likeness (QED) is 0.485. The van der Waals surface area contributed by atoms with E-state index in [1.165, 1.54) is 0 Å². The average molecular weight is 272 g/mol. The van der Waals surface area contributed by atoms with Crippen LogP contribution in [-0.2, 0) is 14.8 Å². The van der Waals surface area contributed by atoms with Gasteiger partial charge in [0, 0.05) is 26.1 Å². The van der Waals surface area contributed by atoms with Crippen LogP contribution in [0.3, 0.4) is 0 Å². The van der Waals surface area contributed by atoms with Crippen molar-refractivity contribution < 1.29 is 13.2 Å². The summed E-state index contributed by atoms with van der Waals surface area (Å²) in [7, 11) is -1.56. The minimum Gasteiger partial charge on any atom is -0.385 e. The van der Waals surface area contributed by atoms with Gasteiger partial charge in [-0.25, -0.2) is 13.1 Å². The van der Waals surface area contributed by atoms with Crippen LogP contribution in [0.1, 0.15) is 26.2 Å². The molecule has 6 heteroatoms. The fraction of sp³-hybridized carbons (Fsp3) is 1.00. The number of rotatable bonds is 10. The second-order valence-corrected chi connectivity index (χ2v) is 6.20. The number of hydrogen-bond donors (Lipinski definition) is 1. The third-order valence-corrected chi connectivity index (χ3v) is 4.22. The molecule has 1 unspecified atom stereocenters. The van der Waals surface area contributed by atoms with Crippen LogP contribution >= 0.6 is 11.6 Å². The summed E-state index contributed by atoms with van der Waals surface area (Å²) in [6.45, 7) is 3.03. The van der Waals surface area contributed by atoms with E-state index in [1.807, 2.05) is 0 Å². The predicted molar refractivity (Wildman–Crippen MR) is 67.4 cm³/mol. The highest BCUT2D eigenvalue weighted by Gasteiger charge is 2.09. The standard InChI is InChI=1S/C10H22ClNO3S/c1-10(9-11)5-3-6-12-16(13,14)8-4-7-15-2/h10,12H,3-9H2,1-2H3. The van der Waals surface area contributed by atoms with Crippen LogP contribution in [0.4, 0.5) is 0 Å². The molecule has 0 spiro atoms. The molecular formula is C10H22ClNO3S. The van der Waals surface area contributed by atoms with Gasteiger partial charge < -0.3 is 4.74 Å². The van der Waals surface area contributed by atoms with Crippen molar-refractivity contribution >= 4 is 21.6 Å². The van der Waals surface area contributed by atoms with E-state index in [4.69, 9.17) is 16.3 Å². The normalized spacial score (nSPS) is 13.9. The van der Waals surface area contributed by atoms with E-state index in [-0.39, 0.29) is 5.75 Å². The zero-order chi connectivity index (χ0) is 12.4. The summed E-state index contributed by atoms with van der Waals surface area (Å²) in [5.41, 5.74) is 0.